The van der Waals surface area contributed by atoms with Crippen molar-refractivity contribution in [2.75, 3.05) is 23.8 Å². The molecule has 0 amide bonds. The first-order chi connectivity index (χ1) is 8.41. The highest BCUT2D eigenvalue weighted by molar-refractivity contribution is 7.99. The van der Waals surface area contributed by atoms with E-state index < -0.39 is 9.84 Å². The van der Waals surface area contributed by atoms with Crippen molar-refractivity contribution in [2.24, 2.45) is 0 Å². The number of hydrogen-bond acceptors (Lipinski definition) is 4. The monoisotopic (exact) mass is 295 g/mol. The highest BCUT2D eigenvalue weighted by Crippen LogP contribution is 2.13. The highest BCUT2D eigenvalue weighted by atomic mass is 32.2. The molecule has 0 heterocycles. The number of rotatable bonds is 11. The van der Waals surface area contributed by atoms with E-state index in [4.69, 9.17) is 0 Å². The van der Waals surface area contributed by atoms with Crippen LogP contribution in [0.1, 0.15) is 47.0 Å². The van der Waals surface area contributed by atoms with Gasteiger partial charge >= 0.3 is 0 Å². The third-order valence-electron chi connectivity index (χ3n) is 2.76. The Kier molecular flexibility index (Phi) is 10.2. The first-order valence-corrected chi connectivity index (χ1v) is 9.83. The van der Waals surface area contributed by atoms with Crippen molar-refractivity contribution in [3.63, 3.8) is 0 Å². The van der Waals surface area contributed by atoms with Gasteiger partial charge in [-0.15, -0.1) is 0 Å². The molecule has 0 aromatic heterocycles. The van der Waals surface area contributed by atoms with Crippen molar-refractivity contribution in [1.29, 1.82) is 0 Å². The van der Waals surface area contributed by atoms with Gasteiger partial charge in [0.25, 0.3) is 0 Å². The van der Waals surface area contributed by atoms with E-state index in [0.29, 0.717) is 17.0 Å². The Bertz CT molecular complexity index is 289. The summed E-state index contributed by atoms with van der Waals surface area (Å²) in [4.78, 5) is 0. The summed E-state index contributed by atoms with van der Waals surface area (Å²) in [6.07, 6.45) is 2.85. The quantitative estimate of drug-likeness (QED) is 0.636. The van der Waals surface area contributed by atoms with Crippen LogP contribution in [0.2, 0.25) is 0 Å². The second-order valence-corrected chi connectivity index (χ2v) is 8.99. The van der Waals surface area contributed by atoms with Crippen LogP contribution in [0.25, 0.3) is 0 Å². The normalized spacial score (nSPS) is 14.1. The predicted octanol–water partition coefficient (Wildman–Crippen LogP) is 2.71. The maximum absolute atomic E-state index is 11.4. The van der Waals surface area contributed by atoms with E-state index in [2.05, 4.69) is 26.1 Å². The maximum Gasteiger partial charge on any atom is 0.150 e. The molecule has 1 atom stereocenters. The predicted molar refractivity (Wildman–Crippen MR) is 83.2 cm³/mol. The molecule has 0 aliphatic rings. The average Bonchev–Trinajstić information content (AvgIpc) is 2.31. The van der Waals surface area contributed by atoms with Crippen LogP contribution in [0.15, 0.2) is 0 Å². The molecular formula is C13H29NO2S2. The van der Waals surface area contributed by atoms with Crippen LogP contribution in [-0.2, 0) is 9.84 Å². The first kappa shape index (κ1) is 18.3. The van der Waals surface area contributed by atoms with Gasteiger partial charge in [0.05, 0.1) is 5.75 Å². The van der Waals surface area contributed by atoms with Gasteiger partial charge in [-0.2, -0.15) is 11.8 Å². The van der Waals surface area contributed by atoms with Crippen molar-refractivity contribution < 1.29 is 8.42 Å². The molecule has 0 aliphatic heterocycles. The summed E-state index contributed by atoms with van der Waals surface area (Å²) in [5.74, 6) is 1.67. The van der Waals surface area contributed by atoms with Crippen molar-refractivity contribution in [2.45, 2.75) is 58.2 Å². The zero-order valence-corrected chi connectivity index (χ0v) is 13.9. The summed E-state index contributed by atoms with van der Waals surface area (Å²) in [6.45, 7) is 9.29. The molecule has 0 rings (SSSR count). The largest absolute Gasteiger partial charge is 0.313 e. The molecule has 1 unspecified atom stereocenters. The number of sulfone groups is 1. The fourth-order valence-electron chi connectivity index (χ4n) is 1.60. The first-order valence-electron chi connectivity index (χ1n) is 6.96. The Morgan fingerprint density at radius 2 is 1.89 bits per heavy atom. The van der Waals surface area contributed by atoms with Gasteiger partial charge in [0.2, 0.25) is 0 Å². The van der Waals surface area contributed by atoms with Crippen LogP contribution >= 0.6 is 11.8 Å². The van der Waals surface area contributed by atoms with Crippen molar-refractivity contribution in [1.82, 2.24) is 5.32 Å². The zero-order valence-electron chi connectivity index (χ0n) is 12.2. The molecule has 110 valence electrons. The molecule has 0 aromatic carbocycles. The molecule has 1 N–H and O–H groups in total. The van der Waals surface area contributed by atoms with Gasteiger partial charge in [-0.25, -0.2) is 8.42 Å². The van der Waals surface area contributed by atoms with Crippen LogP contribution in [-0.4, -0.2) is 43.5 Å². The van der Waals surface area contributed by atoms with E-state index in [1.54, 1.807) is 6.92 Å². The summed E-state index contributed by atoms with van der Waals surface area (Å²) in [5, 5.41) is 4.15. The molecule has 0 fully saturated rings. The molecule has 0 aliphatic carbocycles. The fraction of sp³-hybridized carbons (Fsp3) is 1.00. The summed E-state index contributed by atoms with van der Waals surface area (Å²) < 4.78 is 22.9. The molecule has 0 bridgehead atoms. The lowest BCUT2D eigenvalue weighted by atomic mass is 10.2. The summed E-state index contributed by atoms with van der Waals surface area (Å²) in [7, 11) is -2.80. The Morgan fingerprint density at radius 3 is 2.39 bits per heavy atom. The molecule has 0 spiro atoms. The SMILES string of the molecule is CCCNC(CCCS(=O)(=O)CC)CSC(C)C. The number of thioether (sulfide) groups is 1. The lowest BCUT2D eigenvalue weighted by Gasteiger charge is -2.19. The van der Waals surface area contributed by atoms with Crippen LogP contribution in [0.5, 0.6) is 0 Å². The molecule has 5 heteroatoms. The summed E-state index contributed by atoms with van der Waals surface area (Å²) >= 11 is 1.94. The molecule has 0 radical (unpaired) electrons. The van der Waals surface area contributed by atoms with Gasteiger partial charge in [-0.3, -0.25) is 0 Å². The topological polar surface area (TPSA) is 46.2 Å². The van der Waals surface area contributed by atoms with E-state index in [0.717, 1.165) is 31.6 Å². The Morgan fingerprint density at radius 1 is 1.22 bits per heavy atom. The Balaban J connectivity index is 3.99. The minimum Gasteiger partial charge on any atom is -0.313 e. The van der Waals surface area contributed by atoms with Gasteiger partial charge in [-0.05, 0) is 31.1 Å². The van der Waals surface area contributed by atoms with Crippen molar-refractivity contribution >= 4 is 21.6 Å². The number of nitrogens with one attached hydrogen (secondary N) is 1. The molecule has 0 aromatic rings. The minimum absolute atomic E-state index is 0.265. The summed E-state index contributed by atoms with van der Waals surface area (Å²) in [6, 6.07) is 0.449. The molecule has 3 nitrogen and oxygen atoms in total. The fourth-order valence-corrected chi connectivity index (χ4v) is 3.39. The third kappa shape index (κ3) is 10.2. The smallest absolute Gasteiger partial charge is 0.150 e. The van der Waals surface area contributed by atoms with Crippen LogP contribution < -0.4 is 5.32 Å². The lowest BCUT2D eigenvalue weighted by molar-refractivity contribution is 0.511. The van der Waals surface area contributed by atoms with Crippen molar-refractivity contribution in [3.05, 3.63) is 0 Å². The second-order valence-electron chi connectivity index (χ2n) is 4.91. The lowest BCUT2D eigenvalue weighted by Crippen LogP contribution is -2.33. The van der Waals surface area contributed by atoms with E-state index in [-0.39, 0.29) is 5.75 Å². The van der Waals surface area contributed by atoms with Crippen LogP contribution in [0, 0.1) is 0 Å². The second kappa shape index (κ2) is 10.1. The summed E-state index contributed by atoms with van der Waals surface area (Å²) in [5.41, 5.74) is 0. The van der Waals surface area contributed by atoms with Gasteiger partial charge in [0, 0.05) is 17.5 Å². The third-order valence-corrected chi connectivity index (χ3v) is 5.81. The van der Waals surface area contributed by atoms with Crippen LogP contribution in [0.3, 0.4) is 0 Å². The van der Waals surface area contributed by atoms with E-state index in [1.165, 1.54) is 0 Å². The van der Waals surface area contributed by atoms with E-state index in [1.807, 2.05) is 11.8 Å². The zero-order chi connectivity index (χ0) is 14.0. The minimum atomic E-state index is -2.80. The highest BCUT2D eigenvalue weighted by Gasteiger charge is 2.12. The molecule has 18 heavy (non-hydrogen) atoms. The molecular weight excluding hydrogens is 266 g/mol. The van der Waals surface area contributed by atoms with E-state index >= 15 is 0 Å². The Hall–Kier alpha value is 0.260. The maximum atomic E-state index is 11.4. The number of hydrogen-bond donors (Lipinski definition) is 1. The molecule has 0 saturated heterocycles. The van der Waals surface area contributed by atoms with Gasteiger partial charge in [0.15, 0.2) is 0 Å². The average molecular weight is 296 g/mol. The van der Waals surface area contributed by atoms with Crippen molar-refractivity contribution in [3.8, 4) is 0 Å². The molecule has 0 saturated carbocycles. The van der Waals surface area contributed by atoms with Crippen LogP contribution in [0.4, 0.5) is 0 Å². The standard InChI is InChI=1S/C13H29NO2S2/c1-5-9-14-13(11-17-12(3)4)8-7-10-18(15,16)6-2/h12-14H,5-11H2,1-4H3. The van der Waals surface area contributed by atoms with Gasteiger partial charge in [-0.1, -0.05) is 27.7 Å². The van der Waals surface area contributed by atoms with Gasteiger partial charge < -0.3 is 5.32 Å². The Labute approximate surface area is 117 Å². The van der Waals surface area contributed by atoms with Gasteiger partial charge in [0.1, 0.15) is 9.84 Å². The van der Waals surface area contributed by atoms with E-state index in [9.17, 15) is 8.42 Å².